The highest BCUT2D eigenvalue weighted by Gasteiger charge is 2.18. The molecule has 2 heterocycles. The molecule has 0 spiro atoms. The molecule has 4 aromatic rings. The number of benzene rings is 2. The first kappa shape index (κ1) is 20.1. The van der Waals surface area contributed by atoms with E-state index in [1.807, 2.05) is 12.1 Å². The number of carbonyl (C=O) groups excluding carboxylic acids is 1. The highest BCUT2D eigenvalue weighted by Crippen LogP contribution is 2.28. The number of fused-ring (bicyclic) bond motifs is 1. The van der Waals surface area contributed by atoms with E-state index in [9.17, 15) is 9.59 Å². The molecule has 150 valence electrons. The maximum absolute atomic E-state index is 12.6. The van der Waals surface area contributed by atoms with Crippen LogP contribution in [0.2, 0.25) is 10.0 Å². The number of rotatable bonds is 6. The van der Waals surface area contributed by atoms with Gasteiger partial charge in [-0.2, -0.15) is 0 Å². The van der Waals surface area contributed by atoms with Gasteiger partial charge in [0.05, 0.1) is 11.9 Å². The number of Topliss-reactive ketones (excluding diaryl/α,β-unsaturated/α-hetero) is 1. The zero-order chi connectivity index (χ0) is 21.3. The van der Waals surface area contributed by atoms with Crippen molar-refractivity contribution in [3.05, 3.63) is 76.7 Å². The van der Waals surface area contributed by atoms with Crippen LogP contribution < -0.4 is 0 Å². The summed E-state index contributed by atoms with van der Waals surface area (Å²) in [5.74, 6) is -0.912. The summed E-state index contributed by atoms with van der Waals surface area (Å²) in [6.07, 6.45) is 4.68. The maximum atomic E-state index is 12.6. The molecule has 0 radical (unpaired) electrons. The molecular formula is C22H15Cl2N3O3. The number of aromatic nitrogens is 3. The molecule has 0 atom stereocenters. The van der Waals surface area contributed by atoms with Gasteiger partial charge in [0.2, 0.25) is 5.95 Å². The minimum atomic E-state index is -1.02. The quantitative estimate of drug-likeness (QED) is 0.404. The molecule has 0 amide bonds. The van der Waals surface area contributed by atoms with Crippen molar-refractivity contribution in [3.63, 3.8) is 0 Å². The van der Waals surface area contributed by atoms with E-state index in [0.29, 0.717) is 32.5 Å². The Labute approximate surface area is 181 Å². The molecule has 0 aliphatic rings. The largest absolute Gasteiger partial charge is 0.481 e. The van der Waals surface area contributed by atoms with E-state index in [4.69, 9.17) is 28.3 Å². The van der Waals surface area contributed by atoms with Crippen molar-refractivity contribution in [1.82, 2.24) is 14.5 Å². The Kier molecular flexibility index (Phi) is 5.53. The van der Waals surface area contributed by atoms with Crippen LogP contribution in [0.5, 0.6) is 0 Å². The van der Waals surface area contributed by atoms with Crippen molar-refractivity contribution >= 4 is 45.9 Å². The number of hydrogen-bond donors (Lipinski definition) is 1. The van der Waals surface area contributed by atoms with Crippen molar-refractivity contribution in [2.24, 2.45) is 0 Å². The second-order valence-electron chi connectivity index (χ2n) is 6.67. The number of carboxylic acids is 1. The fourth-order valence-corrected chi connectivity index (χ4v) is 3.48. The third-order valence-corrected chi connectivity index (χ3v) is 5.15. The fraction of sp³-hybridized carbons (Fsp3) is 0.0909. The molecule has 0 bridgehead atoms. The van der Waals surface area contributed by atoms with Gasteiger partial charge in [0.15, 0.2) is 5.78 Å². The summed E-state index contributed by atoms with van der Waals surface area (Å²) in [5, 5.41) is 10.6. The maximum Gasteiger partial charge on any atom is 0.303 e. The minimum absolute atomic E-state index is 0.0999. The third-order valence-electron chi connectivity index (χ3n) is 4.66. The average molecular weight is 440 g/mol. The first-order valence-electron chi connectivity index (χ1n) is 9.06. The molecule has 0 fully saturated rings. The zero-order valence-electron chi connectivity index (χ0n) is 15.5. The molecule has 1 N–H and O–H groups in total. The second kappa shape index (κ2) is 8.26. The van der Waals surface area contributed by atoms with E-state index in [1.165, 1.54) is 0 Å². The second-order valence-corrected chi connectivity index (χ2v) is 7.54. The number of carbonyl (C=O) groups is 2. The third kappa shape index (κ3) is 4.06. The van der Waals surface area contributed by atoms with Crippen molar-refractivity contribution in [2.45, 2.75) is 12.8 Å². The van der Waals surface area contributed by atoms with Crippen LogP contribution in [0, 0.1) is 0 Å². The van der Waals surface area contributed by atoms with Crippen LogP contribution in [-0.4, -0.2) is 31.4 Å². The lowest BCUT2D eigenvalue weighted by atomic mass is 10.1. The Hall–Kier alpha value is -3.22. The van der Waals surface area contributed by atoms with E-state index < -0.39 is 5.97 Å². The average Bonchev–Trinajstić information content (AvgIpc) is 3.11. The first-order chi connectivity index (χ1) is 14.4. The van der Waals surface area contributed by atoms with Gasteiger partial charge in [-0.3, -0.25) is 14.2 Å². The summed E-state index contributed by atoms with van der Waals surface area (Å²) in [7, 11) is 0. The molecular weight excluding hydrogens is 425 g/mol. The fourth-order valence-electron chi connectivity index (χ4n) is 3.18. The van der Waals surface area contributed by atoms with E-state index in [0.717, 1.165) is 11.1 Å². The summed E-state index contributed by atoms with van der Waals surface area (Å²) < 4.78 is 1.70. The molecule has 0 unspecified atom stereocenters. The Morgan fingerprint density at radius 2 is 1.57 bits per heavy atom. The van der Waals surface area contributed by atoms with E-state index >= 15 is 0 Å². The van der Waals surface area contributed by atoms with E-state index in [-0.39, 0.29) is 18.6 Å². The lowest BCUT2D eigenvalue weighted by Gasteiger charge is -2.05. The van der Waals surface area contributed by atoms with Crippen LogP contribution in [-0.2, 0) is 4.79 Å². The Balaban J connectivity index is 1.74. The van der Waals surface area contributed by atoms with Crippen molar-refractivity contribution in [1.29, 1.82) is 0 Å². The van der Waals surface area contributed by atoms with Gasteiger partial charge < -0.3 is 5.11 Å². The van der Waals surface area contributed by atoms with E-state index in [1.54, 1.807) is 53.5 Å². The molecule has 2 aromatic heterocycles. The van der Waals surface area contributed by atoms with Crippen molar-refractivity contribution < 1.29 is 14.7 Å². The SMILES string of the molecule is O=C(O)CCC(=O)c1cn(-c2ncc(-c3ccc(Cl)cc3)cn2)c2ccc(Cl)cc12. The predicted molar refractivity (Wildman–Crippen MR) is 116 cm³/mol. The molecule has 4 rings (SSSR count). The van der Waals surface area contributed by atoms with E-state index in [2.05, 4.69) is 9.97 Å². The summed E-state index contributed by atoms with van der Waals surface area (Å²) >= 11 is 12.1. The first-order valence-corrected chi connectivity index (χ1v) is 9.82. The molecule has 8 heteroatoms. The lowest BCUT2D eigenvalue weighted by molar-refractivity contribution is -0.136. The summed E-state index contributed by atoms with van der Waals surface area (Å²) in [6, 6.07) is 12.5. The number of ketones is 1. The zero-order valence-corrected chi connectivity index (χ0v) is 17.1. The molecule has 6 nitrogen and oxygen atoms in total. The number of halogens is 2. The highest BCUT2D eigenvalue weighted by atomic mass is 35.5. The van der Waals surface area contributed by atoms with Crippen molar-refractivity contribution in [3.8, 4) is 17.1 Å². The van der Waals surface area contributed by atoms with Crippen LogP contribution in [0.4, 0.5) is 0 Å². The van der Waals surface area contributed by atoms with Crippen molar-refractivity contribution in [2.75, 3.05) is 0 Å². The van der Waals surface area contributed by atoms with Gasteiger partial charge in [0.1, 0.15) is 0 Å². The number of nitrogens with zero attached hydrogens (tertiary/aromatic N) is 3. The number of aliphatic carboxylic acids is 1. The van der Waals surface area contributed by atoms with Gasteiger partial charge in [0, 0.05) is 51.6 Å². The lowest BCUT2D eigenvalue weighted by Crippen LogP contribution is -2.03. The molecule has 0 aliphatic carbocycles. The molecule has 30 heavy (non-hydrogen) atoms. The van der Waals surface area contributed by atoms with Crippen LogP contribution >= 0.6 is 23.2 Å². The van der Waals surface area contributed by atoms with Crippen LogP contribution in [0.25, 0.3) is 28.0 Å². The summed E-state index contributed by atoms with van der Waals surface area (Å²) in [5.41, 5.74) is 2.85. The standard InChI is InChI=1S/C22H15Cl2N3O3/c23-15-3-1-13(2-4-15)14-10-25-22(26-11-14)27-12-18(20(28)7-8-21(29)30)17-9-16(24)5-6-19(17)27/h1-6,9-12H,7-8H2,(H,29,30). The van der Waals surface area contributed by atoms with Crippen LogP contribution in [0.15, 0.2) is 61.1 Å². The Bertz CT molecular complexity index is 1250. The molecule has 0 saturated carbocycles. The smallest absolute Gasteiger partial charge is 0.303 e. The molecule has 2 aromatic carbocycles. The summed E-state index contributed by atoms with van der Waals surface area (Å²) in [6.45, 7) is 0. The van der Waals surface area contributed by atoms with Crippen LogP contribution in [0.3, 0.4) is 0 Å². The number of hydrogen-bond acceptors (Lipinski definition) is 4. The topological polar surface area (TPSA) is 85.1 Å². The van der Waals surface area contributed by atoms with Gasteiger partial charge >= 0.3 is 5.97 Å². The van der Waals surface area contributed by atoms with Crippen LogP contribution in [0.1, 0.15) is 23.2 Å². The van der Waals surface area contributed by atoms with Gasteiger partial charge in [0.25, 0.3) is 0 Å². The minimum Gasteiger partial charge on any atom is -0.481 e. The normalized spacial score (nSPS) is 11.0. The van der Waals surface area contributed by atoms with Gasteiger partial charge in [-0.25, -0.2) is 9.97 Å². The van der Waals surface area contributed by atoms with Gasteiger partial charge in [-0.1, -0.05) is 35.3 Å². The Morgan fingerprint density at radius 3 is 2.23 bits per heavy atom. The molecule has 0 aliphatic heterocycles. The number of carboxylic acid groups (broad SMARTS) is 1. The highest BCUT2D eigenvalue weighted by molar-refractivity contribution is 6.31. The predicted octanol–water partition coefficient (Wildman–Crippen LogP) is 5.44. The monoisotopic (exact) mass is 439 g/mol. The van der Waals surface area contributed by atoms with Gasteiger partial charge in [-0.15, -0.1) is 0 Å². The molecule has 0 saturated heterocycles. The van der Waals surface area contributed by atoms with Gasteiger partial charge in [-0.05, 0) is 35.9 Å². The Morgan fingerprint density at radius 1 is 0.900 bits per heavy atom. The summed E-state index contributed by atoms with van der Waals surface area (Å²) in [4.78, 5) is 32.4.